The maximum atomic E-state index is 13.4. The van der Waals surface area contributed by atoms with Crippen molar-refractivity contribution in [2.75, 3.05) is 65.9 Å². The van der Waals surface area contributed by atoms with E-state index in [-0.39, 0.29) is 83.3 Å². The van der Waals surface area contributed by atoms with E-state index in [0.29, 0.717) is 31.4 Å². The summed E-state index contributed by atoms with van der Waals surface area (Å²) in [6.45, 7) is 8.09. The monoisotopic (exact) mass is 1010 g/mol. The molecule has 1 amide bonds. The van der Waals surface area contributed by atoms with E-state index in [1.807, 2.05) is 19.0 Å². The van der Waals surface area contributed by atoms with Gasteiger partial charge in [0, 0.05) is 44.5 Å². The molecule has 0 bridgehead atoms. The smallest absolute Gasteiger partial charge is 0.307 e. The third-order valence-electron chi connectivity index (χ3n) is 11.7. The van der Waals surface area contributed by atoms with Gasteiger partial charge in [0.2, 0.25) is 0 Å². The summed E-state index contributed by atoms with van der Waals surface area (Å²) in [4.78, 5) is 93.8. The summed E-state index contributed by atoms with van der Waals surface area (Å²) in [6.07, 6.45) is 23.4. The lowest BCUT2D eigenvalue weighted by atomic mass is 10.1. The molecule has 16 heteroatoms. The van der Waals surface area contributed by atoms with Crippen LogP contribution in [0.2, 0.25) is 0 Å². The van der Waals surface area contributed by atoms with Gasteiger partial charge in [-0.3, -0.25) is 33.6 Å². The normalized spacial score (nSPS) is 12.0. The Bertz CT molecular complexity index is 1280. The third kappa shape index (κ3) is 43.4. The zero-order chi connectivity index (χ0) is 51.9. The van der Waals surface area contributed by atoms with Crippen molar-refractivity contribution in [2.45, 2.75) is 239 Å². The average Bonchev–Trinajstić information content (AvgIpc) is 3.33. The number of unbranched alkanes of at least 4 members (excludes halogenated alkanes) is 20. The zero-order valence-corrected chi connectivity index (χ0v) is 45.7. The van der Waals surface area contributed by atoms with Crippen molar-refractivity contribution in [3.8, 4) is 0 Å². The summed E-state index contributed by atoms with van der Waals surface area (Å²) in [6, 6.07) is 0. The quantitative estimate of drug-likeness (QED) is 0.0319. The Morgan fingerprint density at radius 2 is 0.643 bits per heavy atom. The number of esters is 6. The van der Waals surface area contributed by atoms with Crippen LogP contribution in [0.3, 0.4) is 0 Å². The van der Waals surface area contributed by atoms with Crippen molar-refractivity contribution in [3.63, 3.8) is 0 Å². The Hall–Kier alpha value is -3.40. The van der Waals surface area contributed by atoms with Crippen LogP contribution in [0.1, 0.15) is 227 Å². The van der Waals surface area contributed by atoms with Crippen LogP contribution in [0.4, 0.5) is 4.79 Å². The molecule has 0 unspecified atom stereocenters. The fourth-order valence-electron chi connectivity index (χ4n) is 7.33. The Morgan fingerprint density at radius 1 is 0.357 bits per heavy atom. The second-order valence-corrected chi connectivity index (χ2v) is 19.8. The number of amides is 1. The highest BCUT2D eigenvalue weighted by molar-refractivity contribution is 8.13. The van der Waals surface area contributed by atoms with Gasteiger partial charge in [0.15, 0.2) is 12.2 Å². The topological polar surface area (TPSA) is 181 Å². The molecule has 0 aromatic rings. The maximum Gasteiger partial charge on any atom is 0.307 e. The van der Waals surface area contributed by atoms with Gasteiger partial charge in [-0.15, -0.1) is 0 Å². The van der Waals surface area contributed by atoms with Gasteiger partial charge in [-0.05, 0) is 52.7 Å². The fraction of sp³-hybridized carbons (Fsp3) is 0.870. The number of ether oxygens (including phenoxy) is 6. The van der Waals surface area contributed by atoms with Crippen LogP contribution < -0.4 is 0 Å². The molecule has 0 aliphatic carbocycles. The first-order chi connectivity index (χ1) is 33.8. The highest BCUT2D eigenvalue weighted by atomic mass is 32.2. The lowest BCUT2D eigenvalue weighted by Crippen LogP contribution is -2.35. The molecule has 2 atom stereocenters. The average molecular weight is 1020 g/mol. The zero-order valence-electron chi connectivity index (χ0n) is 44.8. The van der Waals surface area contributed by atoms with Crippen LogP contribution in [0, 0.1) is 0 Å². The minimum Gasteiger partial charge on any atom is -0.462 e. The third-order valence-corrected chi connectivity index (χ3v) is 12.7. The summed E-state index contributed by atoms with van der Waals surface area (Å²) in [5.41, 5.74) is 0. The van der Waals surface area contributed by atoms with Gasteiger partial charge in [-0.2, -0.15) is 0 Å². The molecule has 0 fully saturated rings. The van der Waals surface area contributed by atoms with E-state index >= 15 is 0 Å². The predicted molar refractivity (Wildman–Crippen MR) is 277 cm³/mol. The minimum atomic E-state index is -0.993. The molecule has 0 radical (unpaired) electrons. The molecular formula is C54H98N2O13S. The molecule has 0 aromatic carbocycles. The second-order valence-electron chi connectivity index (χ2n) is 18.8. The van der Waals surface area contributed by atoms with Crippen LogP contribution in [0.25, 0.3) is 0 Å². The number of carbonyl (C=O) groups is 7. The SMILES string of the molecule is CCCCCCCCC(=O)OC[C@H](COC(=O)CCN(CCC(=O)OC[C@@H](COC(=O)CCCCCCCC)OC(=O)CCCCCCCC)C(=O)SCCCN(C)C)OC(=O)CCCCCCCC. The van der Waals surface area contributed by atoms with E-state index in [1.165, 1.54) is 4.90 Å². The Balaban J connectivity index is 5.58. The number of rotatable bonds is 48. The molecule has 0 saturated carbocycles. The van der Waals surface area contributed by atoms with Crippen molar-refractivity contribution in [3.05, 3.63) is 0 Å². The Morgan fingerprint density at radius 3 is 0.957 bits per heavy atom. The van der Waals surface area contributed by atoms with E-state index in [4.69, 9.17) is 28.4 Å². The molecule has 0 aliphatic heterocycles. The van der Waals surface area contributed by atoms with E-state index in [9.17, 15) is 33.6 Å². The number of hydrogen-bond donors (Lipinski definition) is 0. The van der Waals surface area contributed by atoms with Gasteiger partial charge < -0.3 is 38.2 Å². The summed E-state index contributed by atoms with van der Waals surface area (Å²) in [5.74, 6) is -2.53. The molecule has 15 nitrogen and oxygen atoms in total. The fourth-order valence-corrected chi connectivity index (χ4v) is 8.14. The van der Waals surface area contributed by atoms with Crippen LogP contribution in [0.5, 0.6) is 0 Å². The van der Waals surface area contributed by atoms with Crippen molar-refractivity contribution in [2.24, 2.45) is 0 Å². The molecule has 0 N–H and O–H groups in total. The first-order valence-electron chi connectivity index (χ1n) is 27.4. The van der Waals surface area contributed by atoms with Crippen molar-refractivity contribution >= 4 is 52.8 Å². The summed E-state index contributed by atoms with van der Waals surface area (Å²) < 4.78 is 33.2. The summed E-state index contributed by atoms with van der Waals surface area (Å²) in [7, 11) is 3.89. The lowest BCUT2D eigenvalue weighted by Gasteiger charge is -2.23. The van der Waals surface area contributed by atoms with Gasteiger partial charge in [-0.25, -0.2) is 0 Å². The minimum absolute atomic E-state index is 0.0609. The lowest BCUT2D eigenvalue weighted by molar-refractivity contribution is -0.167. The van der Waals surface area contributed by atoms with Crippen LogP contribution in [-0.4, -0.2) is 129 Å². The van der Waals surface area contributed by atoms with Gasteiger partial charge >= 0.3 is 35.8 Å². The first-order valence-corrected chi connectivity index (χ1v) is 28.4. The van der Waals surface area contributed by atoms with Gasteiger partial charge in [0.1, 0.15) is 26.4 Å². The maximum absolute atomic E-state index is 13.4. The summed E-state index contributed by atoms with van der Waals surface area (Å²) >= 11 is 1.09. The largest absolute Gasteiger partial charge is 0.462 e. The van der Waals surface area contributed by atoms with Crippen molar-refractivity contribution in [1.29, 1.82) is 0 Å². The molecule has 0 rings (SSSR count). The van der Waals surface area contributed by atoms with Crippen molar-refractivity contribution < 1.29 is 62.0 Å². The number of nitrogens with zero attached hydrogens (tertiary/aromatic N) is 2. The molecular weight excluding hydrogens is 917 g/mol. The number of hydrogen-bond acceptors (Lipinski definition) is 15. The number of thioether (sulfide) groups is 1. The Labute approximate surface area is 428 Å². The molecule has 0 aromatic heterocycles. The summed E-state index contributed by atoms with van der Waals surface area (Å²) in [5, 5.41) is -0.322. The highest BCUT2D eigenvalue weighted by Crippen LogP contribution is 2.16. The number of carbonyl (C=O) groups excluding carboxylic acids is 7. The van der Waals surface area contributed by atoms with Crippen LogP contribution in [-0.2, 0) is 57.2 Å². The molecule has 0 heterocycles. The van der Waals surface area contributed by atoms with E-state index in [2.05, 4.69) is 27.7 Å². The standard InChI is InChI=1S/C54H98N2O13S/c1-7-11-15-19-23-27-32-48(57)64-42-46(68-52(61)34-29-25-21-17-13-9-3)44-66-50(59)36-39-56(54(63)70-41-31-38-55(5)6)40-37-51(60)67-45-47(69-53(62)35-30-26-22-18-14-10-4)43-65-49(58)33-28-24-20-16-12-8-2/h46-47H,7-45H2,1-6H3/t46-,47-/m1/s1. The highest BCUT2D eigenvalue weighted by Gasteiger charge is 2.24. The van der Waals surface area contributed by atoms with Gasteiger partial charge in [0.05, 0.1) is 12.8 Å². The van der Waals surface area contributed by atoms with Crippen molar-refractivity contribution in [1.82, 2.24) is 9.80 Å². The van der Waals surface area contributed by atoms with Gasteiger partial charge in [0.25, 0.3) is 5.24 Å². The van der Waals surface area contributed by atoms with E-state index in [1.54, 1.807) is 0 Å². The second kappa shape index (κ2) is 47.9. The van der Waals surface area contributed by atoms with Crippen LogP contribution >= 0.6 is 11.8 Å². The first kappa shape index (κ1) is 66.6. The van der Waals surface area contributed by atoms with Crippen LogP contribution in [0.15, 0.2) is 0 Å². The predicted octanol–water partition coefficient (Wildman–Crippen LogP) is 11.9. The van der Waals surface area contributed by atoms with Gasteiger partial charge in [-0.1, -0.05) is 168 Å². The molecule has 70 heavy (non-hydrogen) atoms. The molecule has 0 spiro atoms. The van der Waals surface area contributed by atoms with E-state index in [0.717, 1.165) is 153 Å². The van der Waals surface area contributed by atoms with E-state index < -0.39 is 48.0 Å². The molecule has 408 valence electrons. The Kier molecular flexibility index (Phi) is 45.6. The molecule has 0 aliphatic rings. The molecule has 0 saturated heterocycles.